The van der Waals surface area contributed by atoms with Gasteiger partial charge in [0.1, 0.15) is 11.3 Å². The Bertz CT molecular complexity index is 1440. The van der Waals surface area contributed by atoms with Crippen molar-refractivity contribution in [3.63, 3.8) is 0 Å². The first-order chi connectivity index (χ1) is 16.9. The Morgan fingerprint density at radius 1 is 1.26 bits per heavy atom. The highest BCUT2D eigenvalue weighted by Gasteiger charge is 2.27. The second-order valence-corrected chi connectivity index (χ2v) is 8.76. The summed E-state index contributed by atoms with van der Waals surface area (Å²) < 4.78 is 9.84. The molecule has 10 heteroatoms. The fraction of sp³-hybridized carbons (Fsp3) is 0.360. The lowest BCUT2D eigenvalue weighted by atomic mass is 10.0. The average Bonchev–Trinajstić information content (AvgIpc) is 3.39. The highest BCUT2D eigenvalue weighted by Crippen LogP contribution is 2.34. The van der Waals surface area contributed by atoms with Crippen LogP contribution in [0, 0.1) is 0 Å². The maximum absolute atomic E-state index is 13.4. The third-order valence-electron chi connectivity index (χ3n) is 6.65. The molecule has 0 bridgehead atoms. The summed E-state index contributed by atoms with van der Waals surface area (Å²) in [4.78, 5) is 35.5. The third-order valence-corrected chi connectivity index (χ3v) is 6.65. The van der Waals surface area contributed by atoms with Crippen LogP contribution in [0.3, 0.4) is 0 Å². The lowest BCUT2D eigenvalue weighted by Crippen LogP contribution is -2.49. The molecule has 1 aliphatic heterocycles. The van der Waals surface area contributed by atoms with Crippen LogP contribution in [0.25, 0.3) is 33.6 Å². The molecule has 1 aliphatic rings. The van der Waals surface area contributed by atoms with Gasteiger partial charge < -0.3 is 29.2 Å². The Morgan fingerprint density at radius 3 is 2.83 bits per heavy atom. The largest absolute Gasteiger partial charge is 0.494 e. The molecule has 5 rings (SSSR count). The van der Waals surface area contributed by atoms with Gasteiger partial charge in [0.2, 0.25) is 0 Å². The first kappa shape index (κ1) is 22.7. The Kier molecular flexibility index (Phi) is 5.80. The van der Waals surface area contributed by atoms with Crippen molar-refractivity contribution in [3.05, 3.63) is 42.1 Å². The van der Waals surface area contributed by atoms with Gasteiger partial charge in [0.05, 0.1) is 29.4 Å². The van der Waals surface area contributed by atoms with Gasteiger partial charge in [-0.1, -0.05) is 0 Å². The van der Waals surface area contributed by atoms with Gasteiger partial charge in [-0.3, -0.25) is 9.78 Å². The van der Waals surface area contributed by atoms with E-state index in [2.05, 4.69) is 21.8 Å². The van der Waals surface area contributed by atoms with Crippen LogP contribution in [-0.2, 0) is 13.6 Å². The number of ether oxygens (including phenoxy) is 1. The Hall–Kier alpha value is -4.08. The lowest BCUT2D eigenvalue weighted by molar-refractivity contribution is 0.0692. The zero-order valence-corrected chi connectivity index (χ0v) is 20.0. The standard InChI is InChI=1S/C25H28N6O4/c1-4-31-19-8-5-9-26-17(19)13-20(31)23-28-18-11-15(12-21(35-3)22(18)29(23)2)24(32)30-10-6-7-16(14-30)27-25(33)34/h5,8-9,11-13,16,27H,4,6-7,10,14H2,1-3H3,(H,33,34). The molecule has 2 amide bonds. The number of pyridine rings is 1. The van der Waals surface area contributed by atoms with Crippen LogP contribution < -0.4 is 10.1 Å². The average molecular weight is 477 g/mol. The zero-order valence-electron chi connectivity index (χ0n) is 20.0. The number of fused-ring (bicyclic) bond motifs is 2. The number of carbonyl (C=O) groups is 2. The van der Waals surface area contributed by atoms with E-state index in [1.54, 1.807) is 30.3 Å². The van der Waals surface area contributed by atoms with Crippen molar-refractivity contribution in [1.82, 2.24) is 29.3 Å². The van der Waals surface area contributed by atoms with Crippen molar-refractivity contribution in [2.75, 3.05) is 20.2 Å². The molecular weight excluding hydrogens is 448 g/mol. The summed E-state index contributed by atoms with van der Waals surface area (Å²) in [5, 5.41) is 11.5. The highest BCUT2D eigenvalue weighted by molar-refractivity contribution is 6.00. The minimum atomic E-state index is -1.08. The van der Waals surface area contributed by atoms with E-state index in [9.17, 15) is 9.59 Å². The fourth-order valence-electron chi connectivity index (χ4n) is 5.07. The summed E-state index contributed by atoms with van der Waals surface area (Å²) in [5.74, 6) is 1.15. The number of rotatable bonds is 5. The van der Waals surface area contributed by atoms with Crippen molar-refractivity contribution in [1.29, 1.82) is 0 Å². The summed E-state index contributed by atoms with van der Waals surface area (Å²) in [7, 11) is 3.52. The summed E-state index contributed by atoms with van der Waals surface area (Å²) in [5.41, 5.74) is 4.79. The smallest absolute Gasteiger partial charge is 0.404 e. The van der Waals surface area contributed by atoms with Crippen molar-refractivity contribution >= 4 is 34.1 Å². The summed E-state index contributed by atoms with van der Waals surface area (Å²) in [6.45, 7) is 3.76. The van der Waals surface area contributed by atoms with Crippen LogP contribution in [0.4, 0.5) is 4.79 Å². The lowest BCUT2D eigenvalue weighted by Gasteiger charge is -2.32. The number of aromatic nitrogens is 4. The molecule has 4 aromatic rings. The van der Waals surface area contributed by atoms with E-state index in [-0.39, 0.29) is 11.9 Å². The van der Waals surface area contributed by atoms with Gasteiger partial charge in [-0.25, -0.2) is 9.78 Å². The molecule has 1 unspecified atom stereocenters. The molecule has 182 valence electrons. The molecule has 35 heavy (non-hydrogen) atoms. The Balaban J connectivity index is 1.56. The van der Waals surface area contributed by atoms with Crippen LogP contribution in [0.2, 0.25) is 0 Å². The maximum atomic E-state index is 13.4. The molecule has 4 heterocycles. The van der Waals surface area contributed by atoms with Crippen LogP contribution in [0.15, 0.2) is 36.5 Å². The van der Waals surface area contributed by atoms with Crippen molar-refractivity contribution in [2.24, 2.45) is 7.05 Å². The minimum Gasteiger partial charge on any atom is -0.494 e. The SMILES string of the molecule is CCn1c(-c2nc3cc(C(=O)N4CCCC(NC(=O)O)C4)cc(OC)c3n2C)cc2ncccc21. The first-order valence-corrected chi connectivity index (χ1v) is 11.7. The number of methoxy groups -OCH3 is 1. The molecule has 1 saturated heterocycles. The molecule has 0 aliphatic carbocycles. The molecule has 0 saturated carbocycles. The predicted molar refractivity (Wildman–Crippen MR) is 132 cm³/mol. The molecule has 1 fully saturated rings. The van der Waals surface area contributed by atoms with Crippen LogP contribution in [-0.4, -0.2) is 67.4 Å². The Morgan fingerprint density at radius 2 is 2.09 bits per heavy atom. The van der Waals surface area contributed by atoms with E-state index in [0.717, 1.165) is 41.0 Å². The second kappa shape index (κ2) is 8.94. The van der Waals surface area contributed by atoms with Crippen molar-refractivity contribution in [3.8, 4) is 17.3 Å². The number of amides is 2. The topological polar surface area (TPSA) is 115 Å². The van der Waals surface area contributed by atoms with Gasteiger partial charge in [0.15, 0.2) is 5.82 Å². The van der Waals surface area contributed by atoms with E-state index >= 15 is 0 Å². The van der Waals surface area contributed by atoms with Crippen molar-refractivity contribution in [2.45, 2.75) is 32.4 Å². The number of nitrogens with zero attached hydrogens (tertiary/aromatic N) is 5. The fourth-order valence-corrected chi connectivity index (χ4v) is 5.07. The quantitative estimate of drug-likeness (QED) is 0.456. The predicted octanol–water partition coefficient (Wildman–Crippen LogP) is 3.49. The van der Waals surface area contributed by atoms with Crippen LogP contribution in [0.1, 0.15) is 30.1 Å². The zero-order chi connectivity index (χ0) is 24.7. The molecular formula is C25H28N6O4. The summed E-state index contributed by atoms with van der Waals surface area (Å²) in [6, 6.07) is 9.24. The maximum Gasteiger partial charge on any atom is 0.404 e. The molecule has 3 aromatic heterocycles. The number of hydrogen-bond acceptors (Lipinski definition) is 5. The first-order valence-electron chi connectivity index (χ1n) is 11.7. The molecule has 1 atom stereocenters. The van der Waals surface area contributed by atoms with Gasteiger partial charge in [-0.2, -0.15) is 0 Å². The van der Waals surface area contributed by atoms with Crippen LogP contribution in [0.5, 0.6) is 5.75 Å². The van der Waals surface area contributed by atoms with Gasteiger partial charge in [0, 0.05) is 44.5 Å². The minimum absolute atomic E-state index is 0.166. The second-order valence-electron chi connectivity index (χ2n) is 8.76. The molecule has 0 spiro atoms. The van der Waals surface area contributed by atoms with Gasteiger partial charge in [-0.05, 0) is 50.1 Å². The van der Waals surface area contributed by atoms with Gasteiger partial charge in [0.25, 0.3) is 5.91 Å². The highest BCUT2D eigenvalue weighted by atomic mass is 16.5. The number of hydrogen-bond donors (Lipinski definition) is 2. The number of piperidine rings is 1. The number of aryl methyl sites for hydroxylation is 2. The normalized spacial score (nSPS) is 16.1. The van der Waals surface area contributed by atoms with E-state index in [1.165, 1.54) is 0 Å². The number of carbonyl (C=O) groups excluding carboxylic acids is 1. The number of imidazole rings is 1. The Labute approximate surface area is 202 Å². The number of likely N-dealkylation sites (tertiary alicyclic amines) is 1. The van der Waals surface area contributed by atoms with E-state index in [0.29, 0.717) is 36.3 Å². The van der Waals surface area contributed by atoms with Crippen molar-refractivity contribution < 1.29 is 19.4 Å². The molecule has 10 nitrogen and oxygen atoms in total. The van der Waals surface area contributed by atoms with Gasteiger partial charge >= 0.3 is 6.09 Å². The molecule has 2 N–H and O–H groups in total. The number of benzene rings is 1. The van der Waals surface area contributed by atoms with E-state index in [4.69, 9.17) is 14.8 Å². The molecule has 0 radical (unpaired) electrons. The van der Waals surface area contributed by atoms with E-state index in [1.807, 2.05) is 29.8 Å². The molecule has 1 aromatic carbocycles. The van der Waals surface area contributed by atoms with E-state index < -0.39 is 6.09 Å². The monoisotopic (exact) mass is 476 g/mol. The number of nitrogens with one attached hydrogen (secondary N) is 1. The summed E-state index contributed by atoms with van der Waals surface area (Å²) >= 11 is 0. The summed E-state index contributed by atoms with van der Waals surface area (Å²) in [6.07, 6.45) is 2.15. The third kappa shape index (κ3) is 3.94. The number of carboxylic acid groups (broad SMARTS) is 1. The van der Waals surface area contributed by atoms with Crippen LogP contribution >= 0.6 is 0 Å². The van der Waals surface area contributed by atoms with Gasteiger partial charge in [-0.15, -0.1) is 0 Å².